The summed E-state index contributed by atoms with van der Waals surface area (Å²) >= 11 is 0. The molecule has 2 heterocycles. The van der Waals surface area contributed by atoms with Gasteiger partial charge in [0, 0.05) is 29.9 Å². The summed E-state index contributed by atoms with van der Waals surface area (Å²) in [5.74, 6) is 0.842. The zero-order chi connectivity index (χ0) is 21.1. The first-order valence-electron chi connectivity index (χ1n) is 9.71. The van der Waals surface area contributed by atoms with Crippen molar-refractivity contribution in [3.05, 3.63) is 72.7 Å². The number of halogens is 2. The van der Waals surface area contributed by atoms with E-state index in [-0.39, 0.29) is 6.10 Å². The predicted molar refractivity (Wildman–Crippen MR) is 114 cm³/mol. The van der Waals surface area contributed by atoms with E-state index in [0.29, 0.717) is 16.8 Å². The van der Waals surface area contributed by atoms with Crippen LogP contribution in [0.1, 0.15) is 26.0 Å². The minimum absolute atomic E-state index is 0.137. The van der Waals surface area contributed by atoms with Crippen LogP contribution in [0, 0.1) is 0 Å². The van der Waals surface area contributed by atoms with Gasteiger partial charge in [0.2, 0.25) is 0 Å². The summed E-state index contributed by atoms with van der Waals surface area (Å²) in [5.41, 5.74) is 4.20. The number of nitrogens with one attached hydrogen (secondary N) is 1. The van der Waals surface area contributed by atoms with Gasteiger partial charge in [-0.2, -0.15) is 13.9 Å². The van der Waals surface area contributed by atoms with E-state index in [9.17, 15) is 8.78 Å². The van der Waals surface area contributed by atoms with Crippen LogP contribution >= 0.6 is 0 Å². The minimum Gasteiger partial charge on any atom is -0.491 e. The molecule has 7 heteroatoms. The SMILES string of the molecule is CC(C)Oc1ccc(CNc2cccc3c(-c4cnn(C(F)F)c4)ccnc23)cc1. The standard InChI is InChI=1S/C23H22F2N4O/c1-15(2)30-18-8-6-16(7-9-18)12-27-21-5-3-4-20-19(10-11-26-22(20)21)17-13-28-29(14-17)23(24)25/h3-11,13-15,23,27H,12H2,1-2H3. The molecule has 0 amide bonds. The van der Waals surface area contributed by atoms with E-state index in [4.69, 9.17) is 4.74 Å². The molecule has 0 fully saturated rings. The van der Waals surface area contributed by atoms with Crippen LogP contribution in [0.3, 0.4) is 0 Å². The number of aromatic nitrogens is 3. The first kappa shape index (κ1) is 19.8. The Labute approximate surface area is 173 Å². The van der Waals surface area contributed by atoms with Crippen molar-refractivity contribution in [3.63, 3.8) is 0 Å². The van der Waals surface area contributed by atoms with Gasteiger partial charge in [-0.1, -0.05) is 24.3 Å². The summed E-state index contributed by atoms with van der Waals surface area (Å²) in [7, 11) is 0. The lowest BCUT2D eigenvalue weighted by molar-refractivity contribution is 0.0566. The van der Waals surface area contributed by atoms with Crippen molar-refractivity contribution in [1.29, 1.82) is 0 Å². The highest BCUT2D eigenvalue weighted by molar-refractivity contribution is 6.00. The van der Waals surface area contributed by atoms with Crippen molar-refractivity contribution < 1.29 is 13.5 Å². The summed E-state index contributed by atoms with van der Waals surface area (Å²) in [6, 6.07) is 15.6. The minimum atomic E-state index is -2.67. The molecule has 2 aromatic heterocycles. The van der Waals surface area contributed by atoms with Gasteiger partial charge in [-0.3, -0.25) is 4.98 Å². The average Bonchev–Trinajstić information content (AvgIpc) is 3.23. The lowest BCUT2D eigenvalue weighted by Crippen LogP contribution is -2.05. The summed E-state index contributed by atoms with van der Waals surface area (Å²) in [6.45, 7) is 1.95. The van der Waals surface area contributed by atoms with E-state index < -0.39 is 6.55 Å². The Kier molecular flexibility index (Phi) is 5.61. The topological polar surface area (TPSA) is 52.0 Å². The zero-order valence-electron chi connectivity index (χ0n) is 16.7. The van der Waals surface area contributed by atoms with Gasteiger partial charge in [-0.05, 0) is 49.2 Å². The molecule has 1 N–H and O–H groups in total. The van der Waals surface area contributed by atoms with Gasteiger partial charge in [0.05, 0.1) is 23.5 Å². The number of nitrogens with zero attached hydrogens (tertiary/aromatic N) is 3. The number of rotatable bonds is 7. The Hall–Kier alpha value is -3.48. The molecular formula is C23H22F2N4O. The number of hydrogen-bond acceptors (Lipinski definition) is 4. The van der Waals surface area contributed by atoms with Gasteiger partial charge in [0.15, 0.2) is 0 Å². The summed E-state index contributed by atoms with van der Waals surface area (Å²) in [6.07, 6.45) is 4.61. The highest BCUT2D eigenvalue weighted by atomic mass is 19.3. The Morgan fingerprint density at radius 1 is 1.07 bits per heavy atom. The van der Waals surface area contributed by atoms with Crippen LogP contribution < -0.4 is 10.1 Å². The van der Waals surface area contributed by atoms with Gasteiger partial charge in [0.1, 0.15) is 5.75 Å². The molecule has 0 saturated carbocycles. The molecule has 2 aromatic carbocycles. The van der Waals surface area contributed by atoms with Crippen molar-refractivity contribution >= 4 is 16.6 Å². The molecular weight excluding hydrogens is 386 g/mol. The maximum absolute atomic E-state index is 12.9. The Bertz CT molecular complexity index is 1140. The number of pyridine rings is 1. The normalized spacial score (nSPS) is 11.4. The van der Waals surface area contributed by atoms with Crippen LogP contribution in [-0.2, 0) is 6.54 Å². The molecule has 0 unspecified atom stereocenters. The number of ether oxygens (including phenoxy) is 1. The fourth-order valence-electron chi connectivity index (χ4n) is 3.31. The van der Waals surface area contributed by atoms with Crippen LogP contribution in [-0.4, -0.2) is 20.9 Å². The lowest BCUT2D eigenvalue weighted by Gasteiger charge is -2.12. The largest absolute Gasteiger partial charge is 0.491 e. The maximum Gasteiger partial charge on any atom is 0.333 e. The van der Waals surface area contributed by atoms with Crippen LogP contribution in [0.5, 0.6) is 5.75 Å². The third-order valence-electron chi connectivity index (χ3n) is 4.66. The van der Waals surface area contributed by atoms with Crippen molar-refractivity contribution in [3.8, 4) is 16.9 Å². The molecule has 0 aliphatic rings. The molecule has 154 valence electrons. The summed E-state index contributed by atoms with van der Waals surface area (Å²) < 4.78 is 32.1. The van der Waals surface area contributed by atoms with E-state index >= 15 is 0 Å². The van der Waals surface area contributed by atoms with Crippen LogP contribution in [0.4, 0.5) is 14.5 Å². The molecule has 5 nitrogen and oxygen atoms in total. The number of fused-ring (bicyclic) bond motifs is 1. The third kappa shape index (κ3) is 4.25. The molecule has 4 aromatic rings. The fourth-order valence-corrected chi connectivity index (χ4v) is 3.31. The number of para-hydroxylation sites is 1. The molecule has 4 rings (SSSR count). The van der Waals surface area contributed by atoms with Crippen LogP contribution in [0.25, 0.3) is 22.0 Å². The molecule has 0 bridgehead atoms. The van der Waals surface area contributed by atoms with Gasteiger partial charge in [-0.25, -0.2) is 4.68 Å². The van der Waals surface area contributed by atoms with Gasteiger partial charge in [0.25, 0.3) is 0 Å². The lowest BCUT2D eigenvalue weighted by atomic mass is 10.0. The third-order valence-corrected chi connectivity index (χ3v) is 4.66. The number of hydrogen-bond donors (Lipinski definition) is 1. The van der Waals surface area contributed by atoms with Gasteiger partial charge >= 0.3 is 6.55 Å². The molecule has 0 aliphatic carbocycles. The molecule has 0 aliphatic heterocycles. The molecule has 0 radical (unpaired) electrons. The van der Waals surface area contributed by atoms with E-state index in [0.717, 1.165) is 33.5 Å². The number of anilines is 1. The number of benzene rings is 2. The highest BCUT2D eigenvalue weighted by Gasteiger charge is 2.12. The Morgan fingerprint density at radius 2 is 1.87 bits per heavy atom. The first-order chi connectivity index (χ1) is 14.5. The van der Waals surface area contributed by atoms with E-state index in [1.54, 1.807) is 6.20 Å². The van der Waals surface area contributed by atoms with E-state index in [1.165, 1.54) is 12.4 Å². The molecule has 30 heavy (non-hydrogen) atoms. The average molecular weight is 408 g/mol. The molecule has 0 saturated heterocycles. The summed E-state index contributed by atoms with van der Waals surface area (Å²) in [4.78, 5) is 4.51. The molecule has 0 atom stereocenters. The maximum atomic E-state index is 12.9. The van der Waals surface area contributed by atoms with Crippen molar-refractivity contribution in [2.24, 2.45) is 0 Å². The first-order valence-corrected chi connectivity index (χ1v) is 9.71. The second kappa shape index (κ2) is 8.49. The second-order valence-electron chi connectivity index (χ2n) is 7.21. The summed E-state index contributed by atoms with van der Waals surface area (Å²) in [5, 5.41) is 8.04. The second-order valence-corrected chi connectivity index (χ2v) is 7.21. The number of alkyl halides is 2. The highest BCUT2D eigenvalue weighted by Crippen LogP contribution is 2.31. The van der Waals surface area contributed by atoms with E-state index in [1.807, 2.05) is 62.4 Å². The van der Waals surface area contributed by atoms with Crippen LogP contribution in [0.15, 0.2) is 67.1 Å². The smallest absolute Gasteiger partial charge is 0.333 e. The molecule has 0 spiro atoms. The van der Waals surface area contributed by atoms with Gasteiger partial charge in [-0.15, -0.1) is 0 Å². The van der Waals surface area contributed by atoms with E-state index in [2.05, 4.69) is 15.4 Å². The zero-order valence-corrected chi connectivity index (χ0v) is 16.7. The predicted octanol–water partition coefficient (Wildman–Crippen LogP) is 5.89. The Morgan fingerprint density at radius 3 is 2.57 bits per heavy atom. The van der Waals surface area contributed by atoms with Crippen molar-refractivity contribution in [2.45, 2.75) is 33.0 Å². The quantitative estimate of drug-likeness (QED) is 0.414. The monoisotopic (exact) mass is 408 g/mol. The Balaban J connectivity index is 1.58. The van der Waals surface area contributed by atoms with Crippen LogP contribution in [0.2, 0.25) is 0 Å². The van der Waals surface area contributed by atoms with Crippen molar-refractivity contribution in [1.82, 2.24) is 14.8 Å². The fraction of sp³-hybridized carbons (Fsp3) is 0.217. The van der Waals surface area contributed by atoms with Crippen molar-refractivity contribution in [2.75, 3.05) is 5.32 Å². The van der Waals surface area contributed by atoms with Gasteiger partial charge < -0.3 is 10.1 Å².